The number of ether oxygens (including phenoxy) is 2. The fraction of sp³-hybridized carbons (Fsp3) is 0.268. The van der Waals surface area contributed by atoms with Crippen LogP contribution in [-0.2, 0) is 26.1 Å². The van der Waals surface area contributed by atoms with E-state index in [-0.39, 0.29) is 35.6 Å². The Hall–Kier alpha value is -13.7. The highest BCUT2D eigenvalue weighted by Gasteiger charge is 2.37. The molecule has 137 heavy (non-hydrogen) atoms. The van der Waals surface area contributed by atoms with Crippen molar-refractivity contribution in [2.24, 2.45) is 0 Å². The normalized spacial score (nSPS) is 12.6. The highest BCUT2D eigenvalue weighted by atomic mass is 19.2. The van der Waals surface area contributed by atoms with Gasteiger partial charge in [-0.1, -0.05) is 196 Å². The maximum absolute atomic E-state index is 16.9. The van der Waals surface area contributed by atoms with E-state index in [1.165, 1.54) is 12.1 Å². The van der Waals surface area contributed by atoms with E-state index in [0.717, 1.165) is 245 Å². The van der Waals surface area contributed by atoms with Gasteiger partial charge in [0.2, 0.25) is 17.5 Å². The molecular weight excluding hydrogens is 1770 g/mol. The SMILES string of the molecule is CCCCCCC1=C(C)c2nc1cc1[nH]c(c(C)c1CCCCCC)c(-c1c(OCc3ccccc3)cccc1OCc1ccccc1)c1nc(cc3[nH]c(c(C)c3CCCCCC)c2-c2ccc(-c3c4nc(c(-c5c(F)c(F)c(F)c(F)c5F)c5ccc([nH]5)c(-c5c(F)c(F)c(F)c(F)c5F)c5nc(c(-c6c(F)c(F)c(F)c(F)c6F)c6ccc3[nH]6)C=C5)C=C4)cc2)C(CCCCCC)=C1C. The summed E-state index contributed by atoms with van der Waals surface area (Å²) in [5.74, 6) is -35.8. The van der Waals surface area contributed by atoms with E-state index in [9.17, 15) is 4.39 Å². The van der Waals surface area contributed by atoms with Crippen LogP contribution in [0.25, 0.3) is 157 Å². The lowest BCUT2D eigenvalue weighted by Crippen LogP contribution is -2.06. The number of rotatable bonds is 32. The summed E-state index contributed by atoms with van der Waals surface area (Å²) in [7, 11) is 0. The predicted octanol–water partition coefficient (Wildman–Crippen LogP) is 33.2. The van der Waals surface area contributed by atoms with E-state index < -0.39 is 154 Å². The molecule has 704 valence electrons. The molecule has 4 N–H and O–H groups in total. The topological polar surface area (TPSA) is 133 Å². The lowest BCUT2D eigenvalue weighted by Gasteiger charge is -2.19. The van der Waals surface area contributed by atoms with Crippen LogP contribution >= 0.6 is 0 Å². The third-order valence-electron chi connectivity index (χ3n) is 26.5. The molecule has 4 aliphatic heterocycles. The van der Waals surface area contributed by atoms with Gasteiger partial charge in [-0.25, -0.2) is 85.8 Å². The van der Waals surface area contributed by atoms with E-state index >= 15 is 61.5 Å². The molecule has 0 spiro atoms. The molecule has 0 radical (unpaired) electrons. The Labute approximate surface area is 782 Å². The number of unbranched alkanes of at least 4 members (excludes halogenated alkanes) is 12. The minimum absolute atomic E-state index is 0.0205. The standard InChI is InChI=1S/C112H99F15N8O2/c1-9-13-17-27-36-66-58(5)109-85(110-59(6)67(37-28-18-14-10-2)79(133-110)55-81-69(39-30-20-16-12-4)61(8)112(135-81)93(111-60(7)68(38-29-19-15-11-3)80(134-111)54-78(66)132-109)89-82(136-56-62-32-23-21-24-33-62)40-31-41-83(89)137-57-63-34-25-22-26-35-63)65-44-42-64(43-45-65)84-70-46-48-72(128-70)86(90-94(113)100(119)106(125)101(120)95(90)114)74-50-52-76(130-74)88(92-98(117)104(123)108(127)105(124)99(92)118)77-53-51-75(131-77)87(73-49-47-71(84)129-73)91-96(115)102(121)107(126)103(122)97(91)116/h21-26,31-35,40-55,128,131-132,135H,9-20,27-30,36-39,56-57H2,1-8H3. The number of aromatic nitrogens is 8. The molecule has 0 fully saturated rings. The molecule has 17 rings (SSSR count). The van der Waals surface area contributed by atoms with Gasteiger partial charge in [-0.05, 0) is 219 Å². The maximum atomic E-state index is 16.9. The van der Waals surface area contributed by atoms with Gasteiger partial charge in [0, 0.05) is 66.5 Å². The average Bonchev–Trinajstić information content (AvgIpc) is 1.61. The van der Waals surface area contributed by atoms with E-state index in [0.29, 0.717) is 54.0 Å². The number of fused-ring (bicyclic) bond motifs is 16. The first-order valence-corrected chi connectivity index (χ1v) is 46.7. The third-order valence-corrected chi connectivity index (χ3v) is 26.5. The minimum atomic E-state index is -2.63. The number of hydrogen-bond acceptors (Lipinski definition) is 6. The van der Waals surface area contributed by atoms with Crippen molar-refractivity contribution in [2.75, 3.05) is 0 Å². The third kappa shape index (κ3) is 18.1. The number of hydrogen-bond donors (Lipinski definition) is 4. The Balaban J connectivity index is 0.982. The number of halogens is 15. The predicted molar refractivity (Wildman–Crippen MR) is 515 cm³/mol. The van der Waals surface area contributed by atoms with E-state index in [4.69, 9.17) is 24.4 Å². The van der Waals surface area contributed by atoms with Gasteiger partial charge in [0.15, 0.2) is 69.8 Å². The number of benzene rings is 7. The molecule has 0 saturated heterocycles. The molecule has 10 heterocycles. The molecule has 0 aliphatic carbocycles. The minimum Gasteiger partial charge on any atom is -0.488 e. The second kappa shape index (κ2) is 40.7. The highest BCUT2D eigenvalue weighted by Crippen LogP contribution is 2.52. The fourth-order valence-electron chi connectivity index (χ4n) is 19.3. The maximum Gasteiger partial charge on any atom is 0.200 e. The highest BCUT2D eigenvalue weighted by molar-refractivity contribution is 6.07. The molecule has 0 amide bonds. The van der Waals surface area contributed by atoms with Crippen molar-refractivity contribution >= 4 is 90.7 Å². The second-order valence-electron chi connectivity index (χ2n) is 35.3. The Morgan fingerprint density at radius 1 is 0.263 bits per heavy atom. The summed E-state index contributed by atoms with van der Waals surface area (Å²) in [5, 5.41) is 0. The summed E-state index contributed by atoms with van der Waals surface area (Å²) in [5.41, 5.74) is 6.96. The molecular formula is C112H99F15N8O2. The van der Waals surface area contributed by atoms with Crippen LogP contribution in [0.5, 0.6) is 11.5 Å². The number of aromatic amines is 4. The fourth-order valence-corrected chi connectivity index (χ4v) is 19.3. The summed E-state index contributed by atoms with van der Waals surface area (Å²) in [6, 6.07) is 41.9. The number of allylic oxidation sites excluding steroid dienone is 4. The Morgan fingerprint density at radius 2 is 0.569 bits per heavy atom. The van der Waals surface area contributed by atoms with Crippen molar-refractivity contribution in [3.63, 3.8) is 0 Å². The van der Waals surface area contributed by atoms with Crippen LogP contribution in [0.3, 0.4) is 0 Å². The quantitative estimate of drug-likeness (QED) is 0.0144. The molecule has 0 atom stereocenters. The first-order valence-electron chi connectivity index (χ1n) is 46.7. The number of H-pyrrole nitrogens is 4. The Morgan fingerprint density at radius 3 is 0.920 bits per heavy atom. The Kier molecular flexibility index (Phi) is 28.2. The van der Waals surface area contributed by atoms with Crippen molar-refractivity contribution in [1.82, 2.24) is 39.9 Å². The van der Waals surface area contributed by atoms with E-state index in [1.807, 2.05) is 91.0 Å². The largest absolute Gasteiger partial charge is 0.488 e. The van der Waals surface area contributed by atoms with Crippen LogP contribution in [0, 0.1) is 101 Å². The molecule has 10 nitrogen and oxygen atoms in total. The summed E-state index contributed by atoms with van der Waals surface area (Å²) in [4.78, 5) is 35.1. The zero-order valence-corrected chi connectivity index (χ0v) is 76.9. The van der Waals surface area contributed by atoms with Crippen LogP contribution in [0.4, 0.5) is 65.9 Å². The summed E-state index contributed by atoms with van der Waals surface area (Å²) < 4.78 is 256. The van der Waals surface area contributed by atoms with Gasteiger partial charge in [-0.2, -0.15) is 0 Å². The lowest BCUT2D eigenvalue weighted by molar-refractivity contribution is 0.292. The molecule has 25 heteroatoms. The van der Waals surface area contributed by atoms with Gasteiger partial charge in [-0.3, -0.25) is 0 Å². The van der Waals surface area contributed by atoms with Gasteiger partial charge in [0.25, 0.3) is 0 Å². The van der Waals surface area contributed by atoms with Crippen LogP contribution in [0.2, 0.25) is 0 Å². The summed E-state index contributed by atoms with van der Waals surface area (Å²) in [6.07, 6.45) is 22.0. The number of nitrogens with one attached hydrogen (secondary N) is 4. The van der Waals surface area contributed by atoms with Crippen molar-refractivity contribution < 1.29 is 75.3 Å². The summed E-state index contributed by atoms with van der Waals surface area (Å²) in [6.45, 7) is 17.8. The number of nitrogens with zero attached hydrogens (tertiary/aromatic N) is 4. The lowest BCUT2D eigenvalue weighted by atomic mass is 9.92. The van der Waals surface area contributed by atoms with E-state index in [2.05, 4.69) is 92.4 Å². The van der Waals surface area contributed by atoms with Gasteiger partial charge in [0.1, 0.15) is 24.7 Å². The first-order chi connectivity index (χ1) is 66.2. The van der Waals surface area contributed by atoms with Crippen LogP contribution in [0.15, 0.2) is 140 Å². The summed E-state index contributed by atoms with van der Waals surface area (Å²) >= 11 is 0. The number of aryl methyl sites for hydroxylation is 4. The average molecular weight is 1870 g/mol. The van der Waals surface area contributed by atoms with Crippen LogP contribution < -0.4 is 9.47 Å². The molecule has 4 aliphatic rings. The zero-order chi connectivity index (χ0) is 96.5. The van der Waals surface area contributed by atoms with Crippen LogP contribution in [0.1, 0.15) is 236 Å². The molecule has 16 bridgehead atoms. The Bertz CT molecular complexity index is 7230. The van der Waals surface area contributed by atoms with Gasteiger partial charge in [0.05, 0.1) is 78.8 Å². The molecule has 13 aromatic rings. The smallest absolute Gasteiger partial charge is 0.200 e. The van der Waals surface area contributed by atoms with Crippen molar-refractivity contribution in [3.8, 4) is 78.3 Å². The van der Waals surface area contributed by atoms with Crippen molar-refractivity contribution in [1.29, 1.82) is 0 Å². The van der Waals surface area contributed by atoms with Crippen molar-refractivity contribution in [2.45, 2.75) is 197 Å². The van der Waals surface area contributed by atoms with Crippen molar-refractivity contribution in [3.05, 3.63) is 306 Å². The molecule has 0 saturated carbocycles. The van der Waals surface area contributed by atoms with Gasteiger partial charge >= 0.3 is 0 Å². The monoisotopic (exact) mass is 1870 g/mol. The molecule has 0 unspecified atom stereocenters. The molecule has 6 aromatic heterocycles. The van der Waals surface area contributed by atoms with Crippen LogP contribution in [-0.4, -0.2) is 39.9 Å². The van der Waals surface area contributed by atoms with E-state index in [1.54, 1.807) is 12.1 Å². The van der Waals surface area contributed by atoms with Gasteiger partial charge < -0.3 is 29.4 Å². The first kappa shape index (κ1) is 95.0. The second-order valence-corrected chi connectivity index (χ2v) is 35.3. The molecule has 7 aromatic carbocycles. The zero-order valence-electron chi connectivity index (χ0n) is 76.9. The van der Waals surface area contributed by atoms with Gasteiger partial charge in [-0.15, -0.1) is 0 Å².